The molecule has 0 heterocycles. The molecule has 3 N–H and O–H groups in total. The van der Waals surface area contributed by atoms with E-state index in [2.05, 4.69) is 10.1 Å². The molecular formula is C12H14Cl2F2N2O2S. The number of benzene rings is 1. The Morgan fingerprint density at radius 2 is 2.00 bits per heavy atom. The van der Waals surface area contributed by atoms with Gasteiger partial charge in [0.25, 0.3) is 0 Å². The molecule has 0 saturated heterocycles. The second kappa shape index (κ2) is 8.63. The molecule has 0 aliphatic carbocycles. The lowest BCUT2D eigenvalue weighted by Crippen LogP contribution is -2.36. The molecule has 0 unspecified atom stereocenters. The number of halogens is 4. The van der Waals surface area contributed by atoms with Gasteiger partial charge in [-0.1, -0.05) is 23.2 Å². The van der Waals surface area contributed by atoms with Crippen LogP contribution in [0, 0.1) is 0 Å². The van der Waals surface area contributed by atoms with Gasteiger partial charge in [-0.2, -0.15) is 20.5 Å². The van der Waals surface area contributed by atoms with E-state index in [1.54, 1.807) is 11.8 Å². The van der Waals surface area contributed by atoms with Crippen LogP contribution in [0.2, 0.25) is 10.0 Å². The molecule has 1 aromatic carbocycles. The topological polar surface area (TPSA) is 64.4 Å². The van der Waals surface area contributed by atoms with Crippen molar-refractivity contribution in [2.24, 2.45) is 5.73 Å². The summed E-state index contributed by atoms with van der Waals surface area (Å²) < 4.78 is 28.6. The molecule has 0 fully saturated rings. The molecule has 21 heavy (non-hydrogen) atoms. The first kappa shape index (κ1) is 18.3. The summed E-state index contributed by atoms with van der Waals surface area (Å²) in [6, 6.07) is 1.86. The summed E-state index contributed by atoms with van der Waals surface area (Å²) in [6.45, 7) is -3.04. The van der Waals surface area contributed by atoms with E-state index >= 15 is 0 Å². The second-order valence-electron chi connectivity index (χ2n) is 4.02. The number of hydrogen-bond acceptors (Lipinski definition) is 4. The van der Waals surface area contributed by atoms with Crippen molar-refractivity contribution in [1.29, 1.82) is 0 Å². The quantitative estimate of drug-likeness (QED) is 0.781. The predicted molar refractivity (Wildman–Crippen MR) is 82.7 cm³/mol. The molecule has 1 aromatic rings. The van der Waals surface area contributed by atoms with Gasteiger partial charge >= 0.3 is 6.61 Å². The van der Waals surface area contributed by atoms with Crippen molar-refractivity contribution in [3.63, 3.8) is 0 Å². The summed E-state index contributed by atoms with van der Waals surface area (Å²) in [4.78, 5) is 11.8. The Bertz CT molecular complexity index is 483. The first-order chi connectivity index (χ1) is 9.85. The van der Waals surface area contributed by atoms with Gasteiger partial charge in [0.2, 0.25) is 5.91 Å². The summed E-state index contributed by atoms with van der Waals surface area (Å²) in [5.41, 5.74) is 5.97. The van der Waals surface area contributed by atoms with Crippen molar-refractivity contribution in [2.45, 2.75) is 19.1 Å². The van der Waals surface area contributed by atoms with Crippen LogP contribution >= 0.6 is 35.0 Å². The van der Waals surface area contributed by atoms with E-state index in [0.717, 1.165) is 5.75 Å². The monoisotopic (exact) mass is 358 g/mol. The number of thioether (sulfide) groups is 1. The normalized spacial score (nSPS) is 12.3. The van der Waals surface area contributed by atoms with E-state index in [0.29, 0.717) is 6.42 Å². The number of nitrogens with two attached hydrogens (primary N) is 1. The van der Waals surface area contributed by atoms with Crippen molar-refractivity contribution in [1.82, 2.24) is 0 Å². The fourth-order valence-electron chi connectivity index (χ4n) is 1.44. The molecule has 0 radical (unpaired) electrons. The highest BCUT2D eigenvalue weighted by molar-refractivity contribution is 7.98. The number of ether oxygens (including phenoxy) is 1. The highest BCUT2D eigenvalue weighted by atomic mass is 35.5. The van der Waals surface area contributed by atoms with Crippen LogP contribution in [0.1, 0.15) is 6.42 Å². The molecule has 0 spiro atoms. The first-order valence-electron chi connectivity index (χ1n) is 5.84. The van der Waals surface area contributed by atoms with E-state index in [4.69, 9.17) is 28.9 Å². The minimum absolute atomic E-state index is 0.129. The fourth-order valence-corrected chi connectivity index (χ4v) is 2.51. The van der Waals surface area contributed by atoms with Crippen LogP contribution in [0.5, 0.6) is 5.75 Å². The Balaban J connectivity index is 2.79. The second-order valence-corrected chi connectivity index (χ2v) is 5.82. The third-order valence-electron chi connectivity index (χ3n) is 2.44. The van der Waals surface area contributed by atoms with Crippen LogP contribution in [0.25, 0.3) is 0 Å². The van der Waals surface area contributed by atoms with Gasteiger partial charge < -0.3 is 15.8 Å². The lowest BCUT2D eigenvalue weighted by molar-refractivity contribution is -0.117. The lowest BCUT2D eigenvalue weighted by atomic mass is 10.2. The van der Waals surface area contributed by atoms with E-state index in [1.807, 2.05) is 6.26 Å². The first-order valence-corrected chi connectivity index (χ1v) is 7.99. The van der Waals surface area contributed by atoms with Gasteiger partial charge in [-0.05, 0) is 30.6 Å². The predicted octanol–water partition coefficient (Wildman–Crippen LogP) is 3.61. The number of rotatable bonds is 7. The molecular weight excluding hydrogens is 345 g/mol. The summed E-state index contributed by atoms with van der Waals surface area (Å²) in [6.07, 6.45) is 2.42. The van der Waals surface area contributed by atoms with Gasteiger partial charge in [-0.3, -0.25) is 4.79 Å². The van der Waals surface area contributed by atoms with Gasteiger partial charge in [-0.25, -0.2) is 0 Å². The Labute approximate surface area is 135 Å². The van der Waals surface area contributed by atoms with Crippen molar-refractivity contribution in [2.75, 3.05) is 17.3 Å². The van der Waals surface area contributed by atoms with Crippen molar-refractivity contribution < 1.29 is 18.3 Å². The molecule has 0 saturated carbocycles. The highest BCUT2D eigenvalue weighted by Crippen LogP contribution is 2.36. The Hall–Kier alpha value is -0.760. The maximum atomic E-state index is 12.2. The van der Waals surface area contributed by atoms with Crippen LogP contribution in [-0.4, -0.2) is 30.6 Å². The van der Waals surface area contributed by atoms with E-state index in [1.165, 1.54) is 12.1 Å². The fraction of sp³-hybridized carbons (Fsp3) is 0.417. The number of carbonyl (C=O) groups is 1. The standard InChI is InChI=1S/C12H14Cl2F2N2O2S/c1-21-3-2-9(17)11(19)18-6-4-7(13)10(8(14)5-6)20-12(15)16/h4-5,9,12H,2-3,17H2,1H3,(H,18,19)/t9-/m0/s1. The largest absolute Gasteiger partial charge is 0.432 e. The molecule has 9 heteroatoms. The third kappa shape index (κ3) is 5.86. The number of alkyl halides is 2. The minimum atomic E-state index is -3.04. The number of amides is 1. The van der Waals surface area contributed by atoms with Crippen LogP contribution in [0.4, 0.5) is 14.5 Å². The summed E-state index contributed by atoms with van der Waals surface area (Å²) in [7, 11) is 0. The lowest BCUT2D eigenvalue weighted by Gasteiger charge is -2.14. The molecule has 4 nitrogen and oxygen atoms in total. The van der Waals surface area contributed by atoms with Crippen LogP contribution in [0.3, 0.4) is 0 Å². The number of nitrogens with one attached hydrogen (secondary N) is 1. The van der Waals surface area contributed by atoms with Crippen molar-refractivity contribution in [3.05, 3.63) is 22.2 Å². The van der Waals surface area contributed by atoms with Gasteiger partial charge in [-0.15, -0.1) is 0 Å². The van der Waals surface area contributed by atoms with E-state index in [9.17, 15) is 13.6 Å². The smallest absolute Gasteiger partial charge is 0.387 e. The Morgan fingerprint density at radius 3 is 2.48 bits per heavy atom. The maximum Gasteiger partial charge on any atom is 0.387 e. The van der Waals surface area contributed by atoms with Gasteiger partial charge in [0, 0.05) is 5.69 Å². The zero-order valence-corrected chi connectivity index (χ0v) is 13.4. The zero-order chi connectivity index (χ0) is 16.0. The van der Waals surface area contributed by atoms with Crippen molar-refractivity contribution >= 4 is 46.6 Å². The SMILES string of the molecule is CSCC[C@H](N)C(=O)Nc1cc(Cl)c(OC(F)F)c(Cl)c1. The molecule has 1 rings (SSSR count). The maximum absolute atomic E-state index is 12.2. The van der Waals surface area contributed by atoms with Gasteiger partial charge in [0.15, 0.2) is 5.75 Å². The number of hydrogen-bond donors (Lipinski definition) is 2. The molecule has 1 atom stereocenters. The Morgan fingerprint density at radius 1 is 1.43 bits per heavy atom. The summed E-state index contributed by atoms with van der Waals surface area (Å²) in [5, 5.41) is 2.27. The molecule has 1 amide bonds. The van der Waals surface area contributed by atoms with Gasteiger partial charge in [0.1, 0.15) is 0 Å². The molecule has 0 bridgehead atoms. The summed E-state index contributed by atoms with van der Waals surface area (Å²) >= 11 is 13.2. The Kier molecular flexibility index (Phi) is 7.51. The average Bonchev–Trinajstić information content (AvgIpc) is 2.39. The summed E-state index contributed by atoms with van der Waals surface area (Å²) in [5.74, 6) is 0.00814. The van der Waals surface area contributed by atoms with Crippen LogP contribution < -0.4 is 15.8 Å². The number of anilines is 1. The van der Waals surface area contributed by atoms with Crippen molar-refractivity contribution in [3.8, 4) is 5.75 Å². The zero-order valence-electron chi connectivity index (χ0n) is 11.0. The third-order valence-corrected chi connectivity index (χ3v) is 3.65. The number of carbonyl (C=O) groups excluding carboxylic acids is 1. The van der Waals surface area contributed by atoms with Crippen LogP contribution in [0.15, 0.2) is 12.1 Å². The molecule has 0 aromatic heterocycles. The molecule has 118 valence electrons. The van der Waals surface area contributed by atoms with Crippen LogP contribution in [-0.2, 0) is 4.79 Å². The molecule has 0 aliphatic heterocycles. The van der Waals surface area contributed by atoms with Gasteiger partial charge in [0.05, 0.1) is 16.1 Å². The van der Waals surface area contributed by atoms with E-state index < -0.39 is 18.6 Å². The minimum Gasteiger partial charge on any atom is -0.432 e. The van der Waals surface area contributed by atoms with E-state index in [-0.39, 0.29) is 21.5 Å². The average molecular weight is 359 g/mol. The molecule has 0 aliphatic rings. The highest BCUT2D eigenvalue weighted by Gasteiger charge is 2.17.